The zero-order valence-electron chi connectivity index (χ0n) is 13.3. The lowest BCUT2D eigenvalue weighted by Gasteiger charge is -2.14. The fraction of sp³-hybridized carbons (Fsp3) is 0.333. The molecule has 1 aliphatic carbocycles. The van der Waals surface area contributed by atoms with Crippen molar-refractivity contribution in [1.82, 2.24) is 0 Å². The highest BCUT2D eigenvalue weighted by Crippen LogP contribution is 2.34. The maximum atomic E-state index is 12.8. The summed E-state index contributed by atoms with van der Waals surface area (Å²) < 4.78 is 31.4. The van der Waals surface area contributed by atoms with Gasteiger partial charge in [0.2, 0.25) is 0 Å². The van der Waals surface area contributed by atoms with Gasteiger partial charge in [-0.25, -0.2) is 8.42 Å². The molecule has 7 heteroatoms. The zero-order chi connectivity index (χ0) is 18.0. The van der Waals surface area contributed by atoms with E-state index in [0.717, 1.165) is 5.56 Å². The van der Waals surface area contributed by atoms with E-state index >= 15 is 0 Å². The van der Waals surface area contributed by atoms with Crippen molar-refractivity contribution in [3.63, 3.8) is 0 Å². The SMILES string of the molecule is O=S(=O)(c1ccccc1Cl)[C@@H]1CC[C@@H](OCc2ccc(Cl)c(Cl)c2)C1. The highest BCUT2D eigenvalue weighted by atomic mass is 35.5. The Hall–Kier alpha value is -0.780. The van der Waals surface area contributed by atoms with Crippen LogP contribution < -0.4 is 0 Å². The number of hydrogen-bond acceptors (Lipinski definition) is 3. The summed E-state index contributed by atoms with van der Waals surface area (Å²) in [5.74, 6) is 0. The van der Waals surface area contributed by atoms with Gasteiger partial charge in [0, 0.05) is 0 Å². The average molecular weight is 420 g/mol. The van der Waals surface area contributed by atoms with Crippen molar-refractivity contribution in [2.45, 2.75) is 42.1 Å². The first-order valence-corrected chi connectivity index (χ1v) is 10.6. The standard InChI is InChI=1S/C18H17Cl3O3S/c19-15-8-5-12(9-17(15)21)11-24-13-6-7-14(10-13)25(22,23)18-4-2-1-3-16(18)20/h1-5,8-9,13-14H,6-7,10-11H2/t13-,14-/m1/s1. The maximum Gasteiger partial charge on any atom is 0.182 e. The molecule has 25 heavy (non-hydrogen) atoms. The Morgan fingerprint density at radius 2 is 1.72 bits per heavy atom. The number of hydrogen-bond donors (Lipinski definition) is 0. The molecule has 2 aromatic carbocycles. The van der Waals surface area contributed by atoms with Gasteiger partial charge in [-0.2, -0.15) is 0 Å². The minimum Gasteiger partial charge on any atom is -0.373 e. The molecule has 0 saturated heterocycles. The topological polar surface area (TPSA) is 43.4 Å². The van der Waals surface area contributed by atoms with Crippen molar-refractivity contribution < 1.29 is 13.2 Å². The van der Waals surface area contributed by atoms with Crippen LogP contribution in [0.25, 0.3) is 0 Å². The predicted octanol–water partition coefficient (Wildman–Crippen LogP) is 5.56. The number of sulfone groups is 1. The molecule has 0 N–H and O–H groups in total. The molecule has 0 radical (unpaired) electrons. The summed E-state index contributed by atoms with van der Waals surface area (Å²) in [7, 11) is -3.45. The third-order valence-electron chi connectivity index (χ3n) is 4.39. The van der Waals surface area contributed by atoms with E-state index in [4.69, 9.17) is 39.5 Å². The smallest absolute Gasteiger partial charge is 0.182 e. The second kappa shape index (κ2) is 7.85. The minimum absolute atomic E-state index is 0.100. The summed E-state index contributed by atoms with van der Waals surface area (Å²) in [6, 6.07) is 11.9. The molecule has 0 amide bonds. The van der Waals surface area contributed by atoms with Crippen LogP contribution in [0.1, 0.15) is 24.8 Å². The van der Waals surface area contributed by atoms with E-state index in [0.29, 0.717) is 35.9 Å². The van der Waals surface area contributed by atoms with Crippen LogP contribution in [0.5, 0.6) is 0 Å². The van der Waals surface area contributed by atoms with Gasteiger partial charge in [0.05, 0.1) is 37.9 Å². The summed E-state index contributed by atoms with van der Waals surface area (Å²) in [4.78, 5) is 0.201. The van der Waals surface area contributed by atoms with Gasteiger partial charge < -0.3 is 4.74 Å². The van der Waals surface area contributed by atoms with Crippen molar-refractivity contribution in [1.29, 1.82) is 0 Å². The van der Waals surface area contributed by atoms with E-state index in [1.165, 1.54) is 0 Å². The van der Waals surface area contributed by atoms with E-state index in [-0.39, 0.29) is 16.0 Å². The first-order valence-electron chi connectivity index (χ1n) is 7.92. The molecular weight excluding hydrogens is 403 g/mol. The molecule has 3 nitrogen and oxygen atoms in total. The van der Waals surface area contributed by atoms with Crippen LogP contribution in [-0.4, -0.2) is 19.8 Å². The van der Waals surface area contributed by atoms with Crippen molar-refractivity contribution in [2.24, 2.45) is 0 Å². The van der Waals surface area contributed by atoms with Gasteiger partial charge in [-0.05, 0) is 49.1 Å². The van der Waals surface area contributed by atoms with Crippen LogP contribution in [0.4, 0.5) is 0 Å². The van der Waals surface area contributed by atoms with Crippen LogP contribution in [0.2, 0.25) is 15.1 Å². The van der Waals surface area contributed by atoms with Crippen LogP contribution in [-0.2, 0) is 21.2 Å². The number of ether oxygens (including phenoxy) is 1. The van der Waals surface area contributed by atoms with Gasteiger partial charge in [0.25, 0.3) is 0 Å². The third-order valence-corrected chi connectivity index (χ3v) is 7.84. The molecule has 1 aliphatic rings. The van der Waals surface area contributed by atoms with Gasteiger partial charge in [-0.1, -0.05) is 53.0 Å². The minimum atomic E-state index is -3.45. The van der Waals surface area contributed by atoms with E-state index < -0.39 is 15.1 Å². The Morgan fingerprint density at radius 3 is 2.44 bits per heavy atom. The van der Waals surface area contributed by atoms with Gasteiger partial charge in [-0.3, -0.25) is 0 Å². The normalized spacial score (nSPS) is 20.8. The van der Waals surface area contributed by atoms with E-state index in [9.17, 15) is 8.42 Å². The summed E-state index contributed by atoms with van der Waals surface area (Å²) in [5, 5.41) is 0.777. The highest BCUT2D eigenvalue weighted by Gasteiger charge is 2.36. The fourth-order valence-electron chi connectivity index (χ4n) is 3.03. The summed E-state index contributed by atoms with van der Waals surface area (Å²) >= 11 is 18.0. The van der Waals surface area contributed by atoms with E-state index in [1.807, 2.05) is 6.07 Å². The molecule has 0 spiro atoms. The van der Waals surface area contributed by atoms with Gasteiger partial charge in [-0.15, -0.1) is 0 Å². The molecule has 0 aromatic heterocycles. The maximum absolute atomic E-state index is 12.8. The second-order valence-electron chi connectivity index (χ2n) is 6.09. The first-order chi connectivity index (χ1) is 11.9. The fourth-order valence-corrected chi connectivity index (χ4v) is 5.69. The Morgan fingerprint density at radius 1 is 0.960 bits per heavy atom. The molecule has 0 heterocycles. The third kappa shape index (κ3) is 4.32. The monoisotopic (exact) mass is 418 g/mol. The molecule has 0 bridgehead atoms. The van der Waals surface area contributed by atoms with Crippen molar-refractivity contribution in [3.05, 3.63) is 63.1 Å². The number of benzene rings is 2. The average Bonchev–Trinajstić information content (AvgIpc) is 3.06. The van der Waals surface area contributed by atoms with Crippen LogP contribution in [0.15, 0.2) is 47.4 Å². The molecule has 134 valence electrons. The number of rotatable bonds is 5. The van der Waals surface area contributed by atoms with Crippen molar-refractivity contribution in [3.8, 4) is 0 Å². The molecule has 1 fully saturated rings. The quantitative estimate of drug-likeness (QED) is 0.637. The molecule has 2 aromatic rings. The zero-order valence-corrected chi connectivity index (χ0v) is 16.4. The van der Waals surface area contributed by atoms with Crippen molar-refractivity contribution in [2.75, 3.05) is 0 Å². The van der Waals surface area contributed by atoms with E-state index in [2.05, 4.69) is 0 Å². The molecule has 0 aliphatic heterocycles. The lowest BCUT2D eigenvalue weighted by molar-refractivity contribution is 0.0458. The summed E-state index contributed by atoms with van der Waals surface area (Å²) in [5.41, 5.74) is 0.909. The van der Waals surface area contributed by atoms with E-state index in [1.54, 1.807) is 36.4 Å². The largest absolute Gasteiger partial charge is 0.373 e. The van der Waals surface area contributed by atoms with Gasteiger partial charge in [0.1, 0.15) is 0 Å². The highest BCUT2D eigenvalue weighted by molar-refractivity contribution is 7.92. The lowest BCUT2D eigenvalue weighted by atomic mass is 10.2. The van der Waals surface area contributed by atoms with Crippen LogP contribution >= 0.6 is 34.8 Å². The Bertz CT molecular complexity index is 868. The predicted molar refractivity (Wildman–Crippen MR) is 101 cm³/mol. The van der Waals surface area contributed by atoms with Crippen LogP contribution in [0, 0.1) is 0 Å². The first kappa shape index (κ1) is 19.0. The van der Waals surface area contributed by atoms with Gasteiger partial charge in [0.15, 0.2) is 9.84 Å². The Kier molecular flexibility index (Phi) is 5.96. The molecule has 0 unspecified atom stereocenters. The second-order valence-corrected chi connectivity index (χ2v) is 9.51. The lowest BCUT2D eigenvalue weighted by Crippen LogP contribution is -2.20. The Labute approximate surface area is 162 Å². The molecule has 1 saturated carbocycles. The van der Waals surface area contributed by atoms with Crippen LogP contribution in [0.3, 0.4) is 0 Å². The molecule has 2 atom stereocenters. The van der Waals surface area contributed by atoms with Crippen molar-refractivity contribution >= 4 is 44.6 Å². The molecular formula is C18H17Cl3O3S. The Balaban J connectivity index is 1.63. The number of halogens is 3. The summed E-state index contributed by atoms with van der Waals surface area (Å²) in [6.45, 7) is 0.375. The van der Waals surface area contributed by atoms with Gasteiger partial charge >= 0.3 is 0 Å². The summed E-state index contributed by atoms with van der Waals surface area (Å²) in [6.07, 6.45) is 1.64. The molecule has 3 rings (SSSR count).